The van der Waals surface area contributed by atoms with E-state index in [4.69, 9.17) is 28.2 Å². The van der Waals surface area contributed by atoms with E-state index in [0.717, 1.165) is 22.5 Å². The van der Waals surface area contributed by atoms with Gasteiger partial charge in [-0.15, -0.1) is 0 Å². The number of carboxylic acids is 1. The molecule has 0 spiro atoms. The molecule has 4 aromatic rings. The van der Waals surface area contributed by atoms with E-state index in [-0.39, 0.29) is 17.6 Å². The number of carbonyl (C=O) groups is 1. The highest BCUT2D eigenvalue weighted by Gasteiger charge is 2.42. The molecule has 0 radical (unpaired) electrons. The third-order valence-electron chi connectivity index (χ3n) is 5.86. The van der Waals surface area contributed by atoms with Gasteiger partial charge in [-0.25, -0.2) is 4.79 Å². The maximum atomic E-state index is 11.3. The molecular weight excluding hydrogens is 470 g/mol. The summed E-state index contributed by atoms with van der Waals surface area (Å²) in [6.45, 7) is 1.87. The number of carboxylic acid groups (broad SMARTS) is 1. The van der Waals surface area contributed by atoms with Crippen LogP contribution in [-0.2, 0) is 0 Å². The predicted octanol–water partition coefficient (Wildman–Crippen LogP) is 6.18. The Morgan fingerprint density at radius 3 is 2.59 bits per heavy atom. The summed E-state index contributed by atoms with van der Waals surface area (Å²) < 4.78 is 6.37. The summed E-state index contributed by atoms with van der Waals surface area (Å²) in [5.41, 5.74) is 3.60. The third kappa shape index (κ3) is 4.04. The normalized spacial score (nSPS) is 17.6. The summed E-state index contributed by atoms with van der Waals surface area (Å²) in [5.74, 6) is 0.393. The van der Waals surface area contributed by atoms with Gasteiger partial charge in [0.15, 0.2) is 5.11 Å². The fraction of sp³-hybridized carbons (Fsp3) is 0.115. The smallest absolute Gasteiger partial charge is 0.335 e. The molecule has 0 amide bonds. The Hall–Kier alpha value is -3.68. The van der Waals surface area contributed by atoms with Crippen molar-refractivity contribution >= 4 is 40.6 Å². The lowest BCUT2D eigenvalue weighted by Gasteiger charge is -2.26. The van der Waals surface area contributed by atoms with Crippen molar-refractivity contribution in [3.8, 4) is 11.3 Å². The van der Waals surface area contributed by atoms with E-state index < -0.39 is 5.97 Å². The molecule has 0 bridgehead atoms. The topological polar surface area (TPSA) is 78.6 Å². The third-order valence-corrected chi connectivity index (χ3v) is 6.43. The lowest BCUT2D eigenvalue weighted by atomic mass is 10.0. The Labute approximate surface area is 206 Å². The number of hydrogen-bond donors (Lipinski definition) is 2. The summed E-state index contributed by atoms with van der Waals surface area (Å²) in [7, 11) is 0. The maximum Gasteiger partial charge on any atom is 0.335 e. The Kier molecular flexibility index (Phi) is 5.81. The van der Waals surface area contributed by atoms with Crippen LogP contribution in [0.25, 0.3) is 11.3 Å². The van der Waals surface area contributed by atoms with Crippen LogP contribution in [0.3, 0.4) is 0 Å². The summed E-state index contributed by atoms with van der Waals surface area (Å²) in [4.78, 5) is 17.9. The van der Waals surface area contributed by atoms with Gasteiger partial charge in [0.05, 0.1) is 17.3 Å². The Morgan fingerprint density at radius 1 is 1.12 bits per heavy atom. The van der Waals surface area contributed by atoms with E-state index in [0.29, 0.717) is 21.7 Å². The maximum absolute atomic E-state index is 11.3. The van der Waals surface area contributed by atoms with Crippen LogP contribution >= 0.6 is 23.8 Å². The monoisotopic (exact) mass is 489 g/mol. The quantitative estimate of drug-likeness (QED) is 0.324. The Morgan fingerprint density at radius 2 is 1.91 bits per heavy atom. The van der Waals surface area contributed by atoms with Crippen molar-refractivity contribution in [1.29, 1.82) is 0 Å². The molecule has 1 aliphatic rings. The first-order valence-electron chi connectivity index (χ1n) is 10.6. The number of rotatable bonds is 5. The van der Waals surface area contributed by atoms with E-state index in [1.165, 1.54) is 0 Å². The summed E-state index contributed by atoms with van der Waals surface area (Å²) in [6, 6.07) is 21.5. The highest BCUT2D eigenvalue weighted by molar-refractivity contribution is 7.80. The minimum absolute atomic E-state index is 0.237. The number of anilines is 1. The van der Waals surface area contributed by atoms with Gasteiger partial charge in [-0.05, 0) is 85.4 Å². The zero-order chi connectivity index (χ0) is 23.8. The second-order valence-corrected chi connectivity index (χ2v) is 8.83. The molecule has 0 aliphatic carbocycles. The van der Waals surface area contributed by atoms with Gasteiger partial charge in [-0.1, -0.05) is 23.7 Å². The van der Waals surface area contributed by atoms with Crippen molar-refractivity contribution in [2.75, 3.05) is 4.90 Å². The van der Waals surface area contributed by atoms with E-state index in [1.54, 1.807) is 24.4 Å². The average molecular weight is 490 g/mol. The first-order chi connectivity index (χ1) is 16.4. The fourth-order valence-electron chi connectivity index (χ4n) is 4.25. The lowest BCUT2D eigenvalue weighted by molar-refractivity contribution is 0.0697. The summed E-state index contributed by atoms with van der Waals surface area (Å²) in [5, 5.41) is 13.9. The number of halogens is 1. The number of aromatic carboxylic acids is 1. The fourth-order valence-corrected chi connectivity index (χ4v) is 4.73. The molecule has 0 unspecified atom stereocenters. The molecule has 6 nitrogen and oxygen atoms in total. The molecule has 1 aliphatic heterocycles. The largest absolute Gasteiger partial charge is 0.478 e. The van der Waals surface area contributed by atoms with Crippen molar-refractivity contribution in [3.05, 3.63) is 107 Å². The van der Waals surface area contributed by atoms with Crippen LogP contribution in [-0.4, -0.2) is 21.2 Å². The molecule has 2 aromatic carbocycles. The molecule has 5 rings (SSSR count). The Balaban J connectivity index is 1.58. The number of aromatic nitrogens is 1. The van der Waals surface area contributed by atoms with Crippen molar-refractivity contribution in [2.24, 2.45) is 0 Å². The standard InChI is InChI=1S/C26H20ClN3O3S/c1-15-14-16(25(31)32)5-10-19(15)21-11-12-22(33-21)24-23(20-4-2-3-13-28-20)29-26(34)30(24)18-8-6-17(27)7-9-18/h2-14,23-24H,1H3,(H,29,34)(H,31,32)/t23-,24+/m1/s1. The Bertz CT molecular complexity index is 1370. The van der Waals surface area contributed by atoms with Crippen molar-refractivity contribution < 1.29 is 14.3 Å². The van der Waals surface area contributed by atoms with Crippen LogP contribution in [0, 0.1) is 6.92 Å². The van der Waals surface area contributed by atoms with Crippen LogP contribution in [0.15, 0.2) is 83.4 Å². The summed E-state index contributed by atoms with van der Waals surface area (Å²) in [6.07, 6.45) is 1.75. The minimum Gasteiger partial charge on any atom is -0.478 e. The number of thiocarbonyl (C=S) groups is 1. The van der Waals surface area contributed by atoms with Gasteiger partial charge in [-0.2, -0.15) is 0 Å². The molecular formula is C26H20ClN3O3S. The number of pyridine rings is 1. The van der Waals surface area contributed by atoms with Crippen molar-refractivity contribution in [3.63, 3.8) is 0 Å². The molecule has 2 aromatic heterocycles. The average Bonchev–Trinajstić information content (AvgIpc) is 3.44. The molecule has 1 fully saturated rings. The number of benzene rings is 2. The van der Waals surface area contributed by atoms with Gasteiger partial charge < -0.3 is 19.7 Å². The van der Waals surface area contributed by atoms with Crippen LogP contribution in [0.4, 0.5) is 5.69 Å². The number of hydrogen-bond acceptors (Lipinski definition) is 4. The van der Waals surface area contributed by atoms with Crippen molar-refractivity contribution in [2.45, 2.75) is 19.0 Å². The highest BCUT2D eigenvalue weighted by atomic mass is 35.5. The molecule has 0 saturated carbocycles. The molecule has 34 heavy (non-hydrogen) atoms. The van der Waals surface area contributed by atoms with Crippen LogP contribution < -0.4 is 10.2 Å². The number of aryl methyl sites for hydroxylation is 1. The van der Waals surface area contributed by atoms with E-state index in [9.17, 15) is 9.90 Å². The number of nitrogens with zero attached hydrogens (tertiary/aromatic N) is 2. The zero-order valence-corrected chi connectivity index (χ0v) is 19.7. The lowest BCUT2D eigenvalue weighted by Crippen LogP contribution is -2.29. The number of furan rings is 1. The van der Waals surface area contributed by atoms with Gasteiger partial charge in [0.2, 0.25) is 0 Å². The van der Waals surface area contributed by atoms with Crippen LogP contribution in [0.1, 0.15) is 39.5 Å². The SMILES string of the molecule is Cc1cc(C(=O)O)ccc1-c1ccc([C@H]2[C@@H](c3ccccn3)NC(=S)N2c2ccc(Cl)cc2)o1. The minimum atomic E-state index is -0.961. The van der Waals surface area contributed by atoms with E-state index >= 15 is 0 Å². The molecule has 2 atom stereocenters. The van der Waals surface area contributed by atoms with Crippen LogP contribution in [0.2, 0.25) is 5.02 Å². The van der Waals surface area contributed by atoms with E-state index in [2.05, 4.69) is 10.3 Å². The first-order valence-corrected chi connectivity index (χ1v) is 11.4. The van der Waals surface area contributed by atoms with Crippen molar-refractivity contribution in [1.82, 2.24) is 10.3 Å². The molecule has 3 heterocycles. The van der Waals surface area contributed by atoms with E-state index in [1.807, 2.05) is 66.4 Å². The van der Waals surface area contributed by atoms with Gasteiger partial charge in [0, 0.05) is 22.5 Å². The number of nitrogens with one attached hydrogen (secondary N) is 1. The molecule has 8 heteroatoms. The van der Waals surface area contributed by atoms with Gasteiger partial charge in [0.1, 0.15) is 17.6 Å². The highest BCUT2D eigenvalue weighted by Crippen LogP contribution is 2.43. The zero-order valence-electron chi connectivity index (χ0n) is 18.1. The molecule has 170 valence electrons. The first kappa shape index (κ1) is 22.1. The van der Waals surface area contributed by atoms with Gasteiger partial charge in [-0.3, -0.25) is 4.98 Å². The summed E-state index contributed by atoms with van der Waals surface area (Å²) >= 11 is 11.8. The second-order valence-electron chi connectivity index (χ2n) is 8.01. The van der Waals surface area contributed by atoms with Crippen LogP contribution in [0.5, 0.6) is 0 Å². The van der Waals surface area contributed by atoms with Gasteiger partial charge >= 0.3 is 5.97 Å². The second kappa shape index (κ2) is 8.93. The molecule has 1 saturated heterocycles. The molecule has 2 N–H and O–H groups in total. The predicted molar refractivity (Wildman–Crippen MR) is 135 cm³/mol. The van der Waals surface area contributed by atoms with Gasteiger partial charge in [0.25, 0.3) is 0 Å².